The molecule has 2 aromatic carbocycles. The zero-order chi connectivity index (χ0) is 21.6. The summed E-state index contributed by atoms with van der Waals surface area (Å²) >= 11 is 0. The minimum Gasteiger partial charge on any atom is -0.457 e. The molecule has 31 heavy (non-hydrogen) atoms. The number of nitrogens with zero attached hydrogens (tertiary/aromatic N) is 2. The molecular formula is C25H21N3O3. The Labute approximate surface area is 179 Å². The lowest BCUT2D eigenvalue weighted by Crippen LogP contribution is -2.15. The molecule has 1 amide bonds. The summed E-state index contributed by atoms with van der Waals surface area (Å²) in [6, 6.07) is 18.4. The Balaban J connectivity index is 1.41. The zero-order valence-corrected chi connectivity index (χ0v) is 17.0. The number of fused-ring (bicyclic) bond motifs is 1. The van der Waals surface area contributed by atoms with Crippen molar-refractivity contribution in [2.24, 2.45) is 0 Å². The molecule has 1 N–H and O–H groups in total. The minimum atomic E-state index is -0.238. The van der Waals surface area contributed by atoms with E-state index >= 15 is 0 Å². The highest BCUT2D eigenvalue weighted by molar-refractivity contribution is 6.07. The van der Waals surface area contributed by atoms with Crippen molar-refractivity contribution in [1.29, 1.82) is 0 Å². The highest BCUT2D eigenvalue weighted by Crippen LogP contribution is 2.29. The van der Waals surface area contributed by atoms with Crippen LogP contribution in [0.15, 0.2) is 79.3 Å². The number of benzene rings is 2. The topological polar surface area (TPSA) is 81.2 Å². The number of Topliss-reactive ketones (excluding diaryl/α,β-unsaturated/α-hetero) is 1. The monoisotopic (exact) mass is 411 g/mol. The number of carbonyl (C=O) groups is 2. The Kier molecular flexibility index (Phi) is 5.98. The zero-order valence-electron chi connectivity index (χ0n) is 17.0. The molecule has 0 aliphatic heterocycles. The van der Waals surface area contributed by atoms with Crippen molar-refractivity contribution >= 4 is 28.2 Å². The SMILES string of the molecule is Cc1c(NC(=O)CCC(=O)c2nccc3ccccc23)cccc1Oc1ccncc1. The van der Waals surface area contributed by atoms with Gasteiger partial charge in [0.25, 0.3) is 0 Å². The Morgan fingerprint density at radius 1 is 0.903 bits per heavy atom. The molecule has 0 bridgehead atoms. The fraction of sp³-hybridized carbons (Fsp3) is 0.120. The molecule has 0 saturated carbocycles. The van der Waals surface area contributed by atoms with Crippen LogP contribution in [0.1, 0.15) is 28.9 Å². The van der Waals surface area contributed by atoms with E-state index in [9.17, 15) is 9.59 Å². The number of aromatic nitrogens is 2. The van der Waals surface area contributed by atoms with Crippen LogP contribution in [0.4, 0.5) is 5.69 Å². The highest BCUT2D eigenvalue weighted by Gasteiger charge is 2.15. The molecule has 4 aromatic rings. The molecule has 2 aromatic heterocycles. The molecule has 4 rings (SSSR count). The average molecular weight is 411 g/mol. The van der Waals surface area contributed by atoms with E-state index in [1.54, 1.807) is 36.8 Å². The van der Waals surface area contributed by atoms with Gasteiger partial charge in [0.05, 0.1) is 0 Å². The molecule has 0 saturated heterocycles. The molecule has 6 nitrogen and oxygen atoms in total. The van der Waals surface area contributed by atoms with Gasteiger partial charge in [-0.15, -0.1) is 0 Å². The summed E-state index contributed by atoms with van der Waals surface area (Å²) in [4.78, 5) is 33.4. The Hall–Kier alpha value is -4.06. The number of ketones is 1. The van der Waals surface area contributed by atoms with Gasteiger partial charge >= 0.3 is 0 Å². The van der Waals surface area contributed by atoms with E-state index in [2.05, 4.69) is 15.3 Å². The highest BCUT2D eigenvalue weighted by atomic mass is 16.5. The third-order valence-electron chi connectivity index (χ3n) is 4.95. The quantitative estimate of drug-likeness (QED) is 0.416. The van der Waals surface area contributed by atoms with E-state index in [0.29, 0.717) is 22.9 Å². The number of ether oxygens (including phenoxy) is 1. The Morgan fingerprint density at radius 2 is 1.71 bits per heavy atom. The minimum absolute atomic E-state index is 0.0681. The van der Waals surface area contributed by atoms with Crippen LogP contribution in [0.25, 0.3) is 10.8 Å². The smallest absolute Gasteiger partial charge is 0.224 e. The first-order valence-corrected chi connectivity index (χ1v) is 9.96. The van der Waals surface area contributed by atoms with Crippen LogP contribution in [-0.4, -0.2) is 21.7 Å². The van der Waals surface area contributed by atoms with Crippen LogP contribution in [0.3, 0.4) is 0 Å². The van der Waals surface area contributed by atoms with Gasteiger partial charge < -0.3 is 10.1 Å². The first kappa shape index (κ1) is 20.2. The van der Waals surface area contributed by atoms with Gasteiger partial charge in [-0.05, 0) is 42.6 Å². The van der Waals surface area contributed by atoms with Crippen molar-refractivity contribution in [3.05, 3.63) is 90.5 Å². The molecule has 0 spiro atoms. The van der Waals surface area contributed by atoms with Crippen molar-refractivity contribution < 1.29 is 14.3 Å². The molecule has 0 fully saturated rings. The molecule has 0 aliphatic rings. The lowest BCUT2D eigenvalue weighted by Gasteiger charge is -2.13. The van der Waals surface area contributed by atoms with Crippen LogP contribution in [0, 0.1) is 6.92 Å². The lowest BCUT2D eigenvalue weighted by molar-refractivity contribution is -0.116. The number of rotatable bonds is 7. The molecule has 0 unspecified atom stereocenters. The molecule has 0 aliphatic carbocycles. The van der Waals surface area contributed by atoms with Crippen LogP contribution in [0.5, 0.6) is 11.5 Å². The molecule has 0 radical (unpaired) electrons. The normalized spacial score (nSPS) is 10.6. The number of anilines is 1. The maximum atomic E-state index is 12.7. The summed E-state index contributed by atoms with van der Waals surface area (Å²) in [5.41, 5.74) is 1.84. The average Bonchev–Trinajstić information content (AvgIpc) is 2.80. The van der Waals surface area contributed by atoms with E-state index < -0.39 is 0 Å². The first-order chi connectivity index (χ1) is 15.1. The summed E-state index contributed by atoms with van der Waals surface area (Å²) < 4.78 is 5.87. The first-order valence-electron chi connectivity index (χ1n) is 9.96. The third-order valence-corrected chi connectivity index (χ3v) is 4.95. The molecular weight excluding hydrogens is 390 g/mol. The number of hydrogen-bond acceptors (Lipinski definition) is 5. The van der Waals surface area contributed by atoms with Crippen molar-refractivity contribution in [1.82, 2.24) is 9.97 Å². The number of hydrogen-bond donors (Lipinski definition) is 1. The second-order valence-corrected chi connectivity index (χ2v) is 7.07. The summed E-state index contributed by atoms with van der Waals surface area (Å²) in [6.07, 6.45) is 5.07. The van der Waals surface area contributed by atoms with Gasteiger partial charge in [0.2, 0.25) is 5.91 Å². The molecule has 154 valence electrons. The third kappa shape index (κ3) is 4.75. The Bertz CT molecular complexity index is 1230. The standard InChI is InChI=1S/C25H21N3O3/c1-17-21(7-4-8-23(17)31-19-12-14-26-15-13-19)28-24(30)10-9-22(29)25-20-6-3-2-5-18(20)11-16-27-25/h2-8,11-16H,9-10H2,1H3,(H,28,30). The van der Waals surface area contributed by atoms with Gasteiger partial charge in [0.1, 0.15) is 17.2 Å². The van der Waals surface area contributed by atoms with E-state index in [4.69, 9.17) is 4.74 Å². The van der Waals surface area contributed by atoms with Crippen molar-refractivity contribution in [2.45, 2.75) is 19.8 Å². The second-order valence-electron chi connectivity index (χ2n) is 7.07. The van der Waals surface area contributed by atoms with Crippen molar-refractivity contribution in [3.63, 3.8) is 0 Å². The van der Waals surface area contributed by atoms with Gasteiger partial charge in [-0.3, -0.25) is 19.6 Å². The summed E-state index contributed by atoms with van der Waals surface area (Å²) in [7, 11) is 0. The largest absolute Gasteiger partial charge is 0.457 e. The lowest BCUT2D eigenvalue weighted by atomic mass is 10.0. The van der Waals surface area contributed by atoms with Gasteiger partial charge in [0, 0.05) is 48.1 Å². The predicted octanol–water partition coefficient (Wildman–Crippen LogP) is 5.33. The number of amides is 1. The van der Waals surface area contributed by atoms with Crippen LogP contribution >= 0.6 is 0 Å². The van der Waals surface area contributed by atoms with Crippen LogP contribution in [-0.2, 0) is 4.79 Å². The number of carbonyl (C=O) groups excluding carboxylic acids is 2. The number of pyridine rings is 2. The molecule has 0 atom stereocenters. The second kappa shape index (κ2) is 9.17. The maximum Gasteiger partial charge on any atom is 0.224 e. The molecule has 2 heterocycles. The van der Waals surface area contributed by atoms with E-state index in [1.807, 2.05) is 49.4 Å². The number of nitrogens with one attached hydrogen (secondary N) is 1. The van der Waals surface area contributed by atoms with E-state index in [-0.39, 0.29) is 24.5 Å². The van der Waals surface area contributed by atoms with Gasteiger partial charge in [0.15, 0.2) is 5.78 Å². The van der Waals surface area contributed by atoms with Gasteiger partial charge in [-0.25, -0.2) is 0 Å². The van der Waals surface area contributed by atoms with Crippen LogP contribution < -0.4 is 10.1 Å². The summed E-state index contributed by atoms with van der Waals surface area (Å²) in [5, 5.41) is 4.63. The van der Waals surface area contributed by atoms with Gasteiger partial charge in [-0.2, -0.15) is 0 Å². The van der Waals surface area contributed by atoms with E-state index in [0.717, 1.165) is 16.3 Å². The maximum absolute atomic E-state index is 12.7. The summed E-state index contributed by atoms with van der Waals surface area (Å²) in [6.45, 7) is 1.87. The fourth-order valence-corrected chi connectivity index (χ4v) is 3.29. The Morgan fingerprint density at radius 3 is 2.55 bits per heavy atom. The van der Waals surface area contributed by atoms with E-state index in [1.165, 1.54) is 0 Å². The van der Waals surface area contributed by atoms with Crippen molar-refractivity contribution in [2.75, 3.05) is 5.32 Å². The summed E-state index contributed by atoms with van der Waals surface area (Å²) in [5.74, 6) is 0.908. The van der Waals surface area contributed by atoms with Gasteiger partial charge in [-0.1, -0.05) is 30.3 Å². The molecule has 6 heteroatoms. The van der Waals surface area contributed by atoms with Crippen LogP contribution in [0.2, 0.25) is 0 Å². The predicted molar refractivity (Wildman–Crippen MR) is 119 cm³/mol. The van der Waals surface area contributed by atoms with Crippen molar-refractivity contribution in [3.8, 4) is 11.5 Å². The fourth-order valence-electron chi connectivity index (χ4n) is 3.29.